The van der Waals surface area contributed by atoms with Crippen LogP contribution >= 0.6 is 0 Å². The van der Waals surface area contributed by atoms with Crippen LogP contribution in [0.3, 0.4) is 0 Å². The number of benzene rings is 3. The second-order valence-corrected chi connectivity index (χ2v) is 6.02. The highest BCUT2D eigenvalue weighted by atomic mass is 16.5. The van der Waals surface area contributed by atoms with Crippen molar-refractivity contribution in [2.24, 2.45) is 0 Å². The monoisotopic (exact) mass is 343 g/mol. The first-order chi connectivity index (χ1) is 12.7. The molecule has 4 rings (SSSR count). The van der Waals surface area contributed by atoms with E-state index in [-0.39, 0.29) is 12.4 Å². The summed E-state index contributed by atoms with van der Waals surface area (Å²) in [5.41, 5.74) is 5.47. The van der Waals surface area contributed by atoms with Crippen molar-refractivity contribution >= 4 is 17.1 Å². The molecule has 3 aromatic carbocycles. The predicted molar refractivity (Wildman–Crippen MR) is 101 cm³/mol. The fourth-order valence-electron chi connectivity index (χ4n) is 2.91. The van der Waals surface area contributed by atoms with Crippen LogP contribution in [0.15, 0.2) is 77.2 Å². The molecule has 0 amide bonds. The van der Waals surface area contributed by atoms with Gasteiger partial charge in [-0.05, 0) is 41.0 Å². The van der Waals surface area contributed by atoms with E-state index in [1.807, 2.05) is 60.7 Å². The Hall–Kier alpha value is -3.40. The first kappa shape index (κ1) is 16.1. The van der Waals surface area contributed by atoms with Crippen LogP contribution in [0.4, 0.5) is 0 Å². The molecule has 0 N–H and O–H groups in total. The molecule has 0 saturated carbocycles. The third-order valence-electron chi connectivity index (χ3n) is 4.24. The van der Waals surface area contributed by atoms with Gasteiger partial charge in [-0.25, -0.2) is 4.98 Å². The minimum Gasteiger partial charge on any atom is -0.469 e. The zero-order valence-electron chi connectivity index (χ0n) is 14.3. The minimum absolute atomic E-state index is 0.225. The molecular weight excluding hydrogens is 326 g/mol. The zero-order chi connectivity index (χ0) is 17.9. The van der Waals surface area contributed by atoms with Crippen LogP contribution in [-0.2, 0) is 16.0 Å². The normalized spacial score (nSPS) is 10.8. The Kier molecular flexibility index (Phi) is 4.23. The standard InChI is InChI=1S/C22H17NO3/c1-25-21(24)13-15-6-5-9-18(12-15)22-23-19-14-17(10-11-20(19)26-22)16-7-3-2-4-8-16/h2-12,14H,13H2,1H3. The molecule has 128 valence electrons. The lowest BCUT2D eigenvalue weighted by Gasteiger charge is -2.01. The number of ether oxygens (including phenoxy) is 1. The van der Waals surface area contributed by atoms with Gasteiger partial charge >= 0.3 is 5.97 Å². The summed E-state index contributed by atoms with van der Waals surface area (Å²) in [5, 5.41) is 0. The molecule has 0 aliphatic rings. The maximum atomic E-state index is 11.5. The fourth-order valence-corrected chi connectivity index (χ4v) is 2.91. The summed E-state index contributed by atoms with van der Waals surface area (Å²) in [4.78, 5) is 16.1. The second-order valence-electron chi connectivity index (χ2n) is 6.02. The van der Waals surface area contributed by atoms with E-state index < -0.39 is 0 Å². The quantitative estimate of drug-likeness (QED) is 0.496. The Morgan fingerprint density at radius 1 is 0.923 bits per heavy atom. The van der Waals surface area contributed by atoms with E-state index in [0.717, 1.165) is 33.4 Å². The lowest BCUT2D eigenvalue weighted by Crippen LogP contribution is -2.04. The van der Waals surface area contributed by atoms with Gasteiger partial charge in [0.25, 0.3) is 0 Å². The van der Waals surface area contributed by atoms with Gasteiger partial charge in [-0.3, -0.25) is 4.79 Å². The Balaban J connectivity index is 1.70. The first-order valence-corrected chi connectivity index (χ1v) is 8.35. The Labute approximate surface area is 151 Å². The minimum atomic E-state index is -0.271. The molecule has 0 aliphatic heterocycles. The van der Waals surface area contributed by atoms with Crippen LogP contribution in [0.2, 0.25) is 0 Å². The topological polar surface area (TPSA) is 52.3 Å². The molecule has 0 unspecified atom stereocenters. The Morgan fingerprint density at radius 3 is 2.54 bits per heavy atom. The highest BCUT2D eigenvalue weighted by Gasteiger charge is 2.11. The number of methoxy groups -OCH3 is 1. The van der Waals surface area contributed by atoms with Gasteiger partial charge in [-0.2, -0.15) is 0 Å². The molecule has 0 radical (unpaired) electrons. The number of rotatable bonds is 4. The highest BCUT2D eigenvalue weighted by Crippen LogP contribution is 2.28. The molecule has 1 heterocycles. The molecule has 0 spiro atoms. The van der Waals surface area contributed by atoms with Gasteiger partial charge in [0.05, 0.1) is 13.5 Å². The Bertz CT molecular complexity index is 1070. The average Bonchev–Trinajstić information content (AvgIpc) is 3.12. The van der Waals surface area contributed by atoms with Gasteiger partial charge in [-0.1, -0.05) is 48.5 Å². The molecule has 4 nitrogen and oxygen atoms in total. The Morgan fingerprint density at radius 2 is 1.73 bits per heavy atom. The summed E-state index contributed by atoms with van der Waals surface area (Å²) >= 11 is 0. The smallest absolute Gasteiger partial charge is 0.309 e. The molecule has 0 saturated heterocycles. The molecule has 26 heavy (non-hydrogen) atoms. The molecule has 0 atom stereocenters. The molecule has 1 aromatic heterocycles. The molecule has 0 bridgehead atoms. The highest BCUT2D eigenvalue weighted by molar-refractivity contribution is 5.82. The lowest BCUT2D eigenvalue weighted by atomic mass is 10.1. The van der Waals surface area contributed by atoms with Crippen LogP contribution in [0, 0.1) is 0 Å². The van der Waals surface area contributed by atoms with E-state index in [0.29, 0.717) is 5.89 Å². The maximum Gasteiger partial charge on any atom is 0.309 e. The van der Waals surface area contributed by atoms with E-state index in [1.54, 1.807) is 0 Å². The van der Waals surface area contributed by atoms with Gasteiger partial charge in [-0.15, -0.1) is 0 Å². The van der Waals surface area contributed by atoms with Crippen molar-refractivity contribution < 1.29 is 13.9 Å². The van der Waals surface area contributed by atoms with Crippen molar-refractivity contribution in [3.63, 3.8) is 0 Å². The number of oxazole rings is 1. The zero-order valence-corrected chi connectivity index (χ0v) is 14.3. The summed E-state index contributed by atoms with van der Waals surface area (Å²) in [5.74, 6) is 0.268. The van der Waals surface area contributed by atoms with Crippen LogP contribution in [0.5, 0.6) is 0 Å². The summed E-state index contributed by atoms with van der Waals surface area (Å²) in [6.45, 7) is 0. The molecule has 0 fully saturated rings. The van der Waals surface area contributed by atoms with Crippen LogP contribution in [-0.4, -0.2) is 18.1 Å². The number of fused-ring (bicyclic) bond motifs is 1. The van der Waals surface area contributed by atoms with Crippen molar-refractivity contribution in [1.82, 2.24) is 4.98 Å². The average molecular weight is 343 g/mol. The number of carbonyl (C=O) groups is 1. The first-order valence-electron chi connectivity index (χ1n) is 8.35. The summed E-state index contributed by atoms with van der Waals surface area (Å²) in [7, 11) is 1.39. The van der Waals surface area contributed by atoms with Crippen LogP contribution in [0.25, 0.3) is 33.7 Å². The SMILES string of the molecule is COC(=O)Cc1cccc(-c2nc3cc(-c4ccccc4)ccc3o2)c1. The summed E-state index contributed by atoms with van der Waals surface area (Å²) < 4.78 is 10.6. The van der Waals surface area contributed by atoms with Gasteiger partial charge in [0, 0.05) is 5.56 Å². The molecule has 0 aliphatic carbocycles. The number of nitrogens with zero attached hydrogens (tertiary/aromatic N) is 1. The number of aromatic nitrogens is 1. The van der Waals surface area contributed by atoms with Crippen LogP contribution in [0.1, 0.15) is 5.56 Å². The predicted octanol–water partition coefficient (Wildman–Crippen LogP) is 4.88. The van der Waals surface area contributed by atoms with Crippen molar-refractivity contribution in [2.45, 2.75) is 6.42 Å². The van der Waals surface area contributed by atoms with Crippen molar-refractivity contribution in [3.8, 4) is 22.6 Å². The maximum absolute atomic E-state index is 11.5. The fraction of sp³-hybridized carbons (Fsp3) is 0.0909. The third kappa shape index (κ3) is 3.22. The van der Waals surface area contributed by atoms with E-state index >= 15 is 0 Å². The van der Waals surface area contributed by atoms with Crippen molar-refractivity contribution in [1.29, 1.82) is 0 Å². The van der Waals surface area contributed by atoms with Crippen molar-refractivity contribution in [3.05, 3.63) is 78.4 Å². The van der Waals surface area contributed by atoms with Crippen molar-refractivity contribution in [2.75, 3.05) is 7.11 Å². The van der Waals surface area contributed by atoms with Gasteiger partial charge in [0.15, 0.2) is 5.58 Å². The van der Waals surface area contributed by atoms with E-state index in [4.69, 9.17) is 9.15 Å². The van der Waals surface area contributed by atoms with Gasteiger partial charge < -0.3 is 9.15 Å². The number of hydrogen-bond donors (Lipinski definition) is 0. The second kappa shape index (κ2) is 6.84. The molecular formula is C22H17NO3. The van der Waals surface area contributed by atoms with E-state index in [9.17, 15) is 4.79 Å². The summed E-state index contributed by atoms with van der Waals surface area (Å²) in [6, 6.07) is 23.7. The van der Waals surface area contributed by atoms with Crippen LogP contribution < -0.4 is 0 Å². The van der Waals surface area contributed by atoms with Gasteiger partial charge in [0.1, 0.15) is 5.52 Å². The number of hydrogen-bond acceptors (Lipinski definition) is 4. The van der Waals surface area contributed by atoms with E-state index in [2.05, 4.69) is 17.1 Å². The van der Waals surface area contributed by atoms with Gasteiger partial charge in [0.2, 0.25) is 5.89 Å². The lowest BCUT2D eigenvalue weighted by molar-refractivity contribution is -0.139. The molecule has 4 heteroatoms. The van der Waals surface area contributed by atoms with E-state index in [1.165, 1.54) is 7.11 Å². The largest absolute Gasteiger partial charge is 0.469 e. The number of esters is 1. The third-order valence-corrected chi connectivity index (χ3v) is 4.24. The molecule has 4 aromatic rings. The summed E-state index contributed by atoms with van der Waals surface area (Å²) in [6.07, 6.45) is 0.225. The number of carbonyl (C=O) groups excluding carboxylic acids is 1.